The van der Waals surface area contributed by atoms with E-state index in [2.05, 4.69) is 22.5 Å². The monoisotopic (exact) mass is 195 g/mol. The highest BCUT2D eigenvalue weighted by atomic mass is 32.2. The van der Waals surface area contributed by atoms with Crippen LogP contribution in [-0.2, 0) is 5.75 Å². The summed E-state index contributed by atoms with van der Waals surface area (Å²) in [7, 11) is 0. The zero-order valence-electron chi connectivity index (χ0n) is 6.56. The molecule has 2 heterocycles. The Kier molecular flexibility index (Phi) is 2.74. The van der Waals surface area contributed by atoms with Gasteiger partial charge in [-0.2, -0.15) is 0 Å². The van der Waals surface area contributed by atoms with Gasteiger partial charge in [-0.15, -0.1) is 23.5 Å². The summed E-state index contributed by atoms with van der Waals surface area (Å²) in [6.45, 7) is 0. The van der Waals surface area contributed by atoms with Crippen molar-refractivity contribution in [3.8, 4) is 0 Å². The Morgan fingerprint density at radius 2 is 2.42 bits per heavy atom. The van der Waals surface area contributed by atoms with Crippen molar-refractivity contribution in [2.24, 2.45) is 0 Å². The lowest BCUT2D eigenvalue weighted by Crippen LogP contribution is -1.91. The van der Waals surface area contributed by atoms with Crippen LogP contribution in [-0.4, -0.2) is 10.7 Å². The molecule has 1 aromatic heterocycles. The van der Waals surface area contributed by atoms with Crippen LogP contribution >= 0.6 is 23.5 Å². The molecule has 0 aliphatic carbocycles. The van der Waals surface area contributed by atoms with Crippen LogP contribution in [0.1, 0.15) is 5.69 Å². The summed E-state index contributed by atoms with van der Waals surface area (Å²) in [4.78, 5) is 5.67. The molecule has 1 aromatic rings. The Morgan fingerprint density at radius 1 is 1.42 bits per heavy atom. The Morgan fingerprint density at radius 3 is 3.42 bits per heavy atom. The second kappa shape index (κ2) is 4.01. The SMILES string of the molecule is C1=CSCc2ncccc2SC1. The number of pyridine rings is 1. The smallest absolute Gasteiger partial charge is 0.0641 e. The zero-order chi connectivity index (χ0) is 8.23. The highest BCUT2D eigenvalue weighted by molar-refractivity contribution is 8.02. The third-order valence-corrected chi connectivity index (χ3v) is 3.46. The van der Waals surface area contributed by atoms with E-state index in [0.717, 1.165) is 11.5 Å². The number of fused-ring (bicyclic) bond motifs is 1. The van der Waals surface area contributed by atoms with Crippen LogP contribution in [0.4, 0.5) is 0 Å². The number of aromatic nitrogens is 1. The van der Waals surface area contributed by atoms with Crippen LogP contribution in [0, 0.1) is 0 Å². The van der Waals surface area contributed by atoms with Crippen LogP contribution in [0.25, 0.3) is 0 Å². The number of hydrogen-bond acceptors (Lipinski definition) is 3. The van der Waals surface area contributed by atoms with Crippen molar-refractivity contribution >= 4 is 23.5 Å². The van der Waals surface area contributed by atoms with E-state index in [0.29, 0.717) is 0 Å². The molecular formula is C9H9NS2. The second-order valence-corrected chi connectivity index (χ2v) is 4.40. The maximum atomic E-state index is 4.35. The minimum absolute atomic E-state index is 1.000. The summed E-state index contributed by atoms with van der Waals surface area (Å²) >= 11 is 3.68. The van der Waals surface area contributed by atoms with Crippen LogP contribution in [0.2, 0.25) is 0 Å². The van der Waals surface area contributed by atoms with Crippen molar-refractivity contribution < 1.29 is 0 Å². The molecule has 0 saturated heterocycles. The topological polar surface area (TPSA) is 12.9 Å². The van der Waals surface area contributed by atoms with E-state index in [1.54, 1.807) is 0 Å². The number of rotatable bonds is 0. The van der Waals surface area contributed by atoms with Gasteiger partial charge in [0.25, 0.3) is 0 Å². The molecule has 0 bridgehead atoms. The van der Waals surface area contributed by atoms with Gasteiger partial charge in [0.2, 0.25) is 0 Å². The standard InChI is InChI=1S/C9H9NS2/c1-3-9-8(10-4-1)7-11-5-2-6-12-9/h1-5H,6-7H2. The fraction of sp³-hybridized carbons (Fsp3) is 0.222. The van der Waals surface area contributed by atoms with E-state index >= 15 is 0 Å². The Bertz CT molecular complexity index is 267. The first-order valence-electron chi connectivity index (χ1n) is 3.80. The molecule has 0 fully saturated rings. The third kappa shape index (κ3) is 1.84. The van der Waals surface area contributed by atoms with Crippen LogP contribution < -0.4 is 0 Å². The molecule has 0 unspecified atom stereocenters. The van der Waals surface area contributed by atoms with Gasteiger partial charge in [-0.25, -0.2) is 0 Å². The van der Waals surface area contributed by atoms with E-state index in [-0.39, 0.29) is 0 Å². The molecule has 12 heavy (non-hydrogen) atoms. The predicted molar refractivity (Wildman–Crippen MR) is 55.4 cm³/mol. The van der Waals surface area contributed by atoms with E-state index in [9.17, 15) is 0 Å². The minimum atomic E-state index is 1.000. The lowest BCUT2D eigenvalue weighted by atomic mass is 10.4. The van der Waals surface area contributed by atoms with Crippen LogP contribution in [0.3, 0.4) is 0 Å². The molecule has 1 nitrogen and oxygen atoms in total. The van der Waals surface area contributed by atoms with E-state index in [1.165, 1.54) is 10.6 Å². The minimum Gasteiger partial charge on any atom is -0.259 e. The van der Waals surface area contributed by atoms with Crippen molar-refractivity contribution in [1.82, 2.24) is 4.98 Å². The lowest BCUT2D eigenvalue weighted by molar-refractivity contribution is 1.09. The van der Waals surface area contributed by atoms with Crippen LogP contribution in [0.15, 0.2) is 34.7 Å². The maximum absolute atomic E-state index is 4.35. The molecule has 0 amide bonds. The van der Waals surface area contributed by atoms with Gasteiger partial charge in [0.15, 0.2) is 0 Å². The molecule has 62 valence electrons. The van der Waals surface area contributed by atoms with Gasteiger partial charge in [0.1, 0.15) is 0 Å². The van der Waals surface area contributed by atoms with Crippen LogP contribution in [0.5, 0.6) is 0 Å². The Balaban J connectivity index is 2.29. The number of thioether (sulfide) groups is 2. The fourth-order valence-electron chi connectivity index (χ4n) is 1.04. The first kappa shape index (κ1) is 8.20. The molecule has 0 N–H and O–H groups in total. The summed E-state index contributed by atoms with van der Waals surface area (Å²) in [5.74, 6) is 2.06. The van der Waals surface area contributed by atoms with Gasteiger partial charge in [-0.1, -0.05) is 6.08 Å². The molecule has 1 aliphatic rings. The molecule has 1 aliphatic heterocycles. The fourth-order valence-corrected chi connectivity index (χ4v) is 2.80. The molecule has 0 atom stereocenters. The molecular weight excluding hydrogens is 186 g/mol. The summed E-state index contributed by atoms with van der Waals surface area (Å²) in [6.07, 6.45) is 4.07. The molecule has 0 aromatic carbocycles. The van der Waals surface area contributed by atoms with Crippen molar-refractivity contribution in [3.05, 3.63) is 35.5 Å². The molecule has 0 saturated carbocycles. The first-order chi connectivity index (χ1) is 5.97. The highest BCUT2D eigenvalue weighted by Crippen LogP contribution is 2.27. The Hall–Kier alpha value is -0.410. The van der Waals surface area contributed by atoms with Gasteiger partial charge in [0, 0.05) is 22.6 Å². The average Bonchev–Trinajstić information content (AvgIpc) is 2.06. The molecule has 0 spiro atoms. The van der Waals surface area contributed by atoms with Gasteiger partial charge in [-0.3, -0.25) is 4.98 Å². The van der Waals surface area contributed by atoms with Gasteiger partial charge in [0.05, 0.1) is 5.69 Å². The molecule has 3 heteroatoms. The highest BCUT2D eigenvalue weighted by Gasteiger charge is 2.04. The molecule has 0 radical (unpaired) electrons. The predicted octanol–water partition coefficient (Wildman–Crippen LogP) is 2.93. The van der Waals surface area contributed by atoms with Gasteiger partial charge < -0.3 is 0 Å². The second-order valence-electron chi connectivity index (χ2n) is 2.44. The number of nitrogens with zero attached hydrogens (tertiary/aromatic N) is 1. The van der Waals surface area contributed by atoms with E-state index in [4.69, 9.17) is 0 Å². The van der Waals surface area contributed by atoms with Crippen molar-refractivity contribution in [2.45, 2.75) is 10.6 Å². The largest absolute Gasteiger partial charge is 0.259 e. The molecule has 2 rings (SSSR count). The summed E-state index contributed by atoms with van der Waals surface area (Å²) in [5.41, 5.74) is 1.22. The zero-order valence-corrected chi connectivity index (χ0v) is 8.20. The normalized spacial score (nSPS) is 16.3. The summed E-state index contributed by atoms with van der Waals surface area (Å²) in [6, 6.07) is 4.15. The number of hydrogen-bond donors (Lipinski definition) is 0. The average molecular weight is 195 g/mol. The van der Waals surface area contributed by atoms with E-state index in [1.807, 2.05) is 35.8 Å². The first-order valence-corrected chi connectivity index (χ1v) is 5.83. The summed E-state index contributed by atoms with van der Waals surface area (Å²) < 4.78 is 0. The van der Waals surface area contributed by atoms with Gasteiger partial charge in [-0.05, 0) is 17.5 Å². The quantitative estimate of drug-likeness (QED) is 0.631. The Labute approximate surface area is 80.7 Å². The van der Waals surface area contributed by atoms with Crippen molar-refractivity contribution in [3.63, 3.8) is 0 Å². The van der Waals surface area contributed by atoms with Gasteiger partial charge >= 0.3 is 0 Å². The lowest BCUT2D eigenvalue weighted by Gasteiger charge is -2.07. The third-order valence-electron chi connectivity index (χ3n) is 1.60. The van der Waals surface area contributed by atoms with E-state index < -0.39 is 0 Å². The maximum Gasteiger partial charge on any atom is 0.0641 e. The van der Waals surface area contributed by atoms with Crippen molar-refractivity contribution in [2.75, 3.05) is 5.75 Å². The van der Waals surface area contributed by atoms with Crippen molar-refractivity contribution in [1.29, 1.82) is 0 Å². The summed E-state index contributed by atoms with van der Waals surface area (Å²) in [5, 5.41) is 2.16.